The summed E-state index contributed by atoms with van der Waals surface area (Å²) in [5.41, 5.74) is 0.743. The summed E-state index contributed by atoms with van der Waals surface area (Å²) >= 11 is 0. The Balaban J connectivity index is 2.27. The number of phosphoric ester groups is 1. The average Bonchev–Trinajstić information content (AvgIpc) is 2.42. The van der Waals surface area contributed by atoms with Gasteiger partial charge in [0, 0.05) is 12.0 Å². The van der Waals surface area contributed by atoms with E-state index in [2.05, 4.69) is 4.52 Å². The maximum atomic E-state index is 11.0. The first-order valence-electron chi connectivity index (χ1n) is 6.28. The standard InChI is InChI=1S/C14H15O7P/c15-10-3-1-9(2-4-10)7-13(17)12-8-11(16)5-6-14(12)21-22(18,19)20/h1-6,8,13,15-17H,7H2,(H2,18,19,20). The maximum absolute atomic E-state index is 11.0. The van der Waals surface area contributed by atoms with Gasteiger partial charge in [0.15, 0.2) is 0 Å². The van der Waals surface area contributed by atoms with Crippen molar-refractivity contribution in [1.82, 2.24) is 0 Å². The van der Waals surface area contributed by atoms with Crippen LogP contribution in [0, 0.1) is 0 Å². The highest BCUT2D eigenvalue weighted by atomic mass is 31.2. The van der Waals surface area contributed by atoms with Crippen LogP contribution in [0.3, 0.4) is 0 Å². The van der Waals surface area contributed by atoms with E-state index in [1.54, 1.807) is 12.1 Å². The summed E-state index contributed by atoms with van der Waals surface area (Å²) in [7, 11) is -4.78. The lowest BCUT2D eigenvalue weighted by Gasteiger charge is -2.17. The predicted octanol–water partition coefficient (Wildman–Crippen LogP) is 1.85. The number of phenols is 2. The van der Waals surface area contributed by atoms with Crippen molar-refractivity contribution in [3.8, 4) is 17.2 Å². The van der Waals surface area contributed by atoms with Crippen molar-refractivity contribution in [1.29, 1.82) is 0 Å². The van der Waals surface area contributed by atoms with Gasteiger partial charge in [-0.25, -0.2) is 4.57 Å². The third-order valence-corrected chi connectivity index (χ3v) is 3.37. The fourth-order valence-electron chi connectivity index (χ4n) is 1.97. The molecule has 0 amide bonds. The van der Waals surface area contributed by atoms with E-state index in [1.807, 2.05) is 0 Å². The molecule has 2 rings (SSSR count). The van der Waals surface area contributed by atoms with Crippen molar-refractivity contribution in [3.63, 3.8) is 0 Å². The van der Waals surface area contributed by atoms with Gasteiger partial charge in [-0.3, -0.25) is 9.79 Å². The third-order valence-electron chi connectivity index (χ3n) is 2.94. The molecule has 0 aliphatic heterocycles. The summed E-state index contributed by atoms with van der Waals surface area (Å²) in [6, 6.07) is 9.66. The van der Waals surface area contributed by atoms with Gasteiger partial charge < -0.3 is 19.8 Å². The molecule has 0 radical (unpaired) electrons. The SMILES string of the molecule is O=P(O)(O)Oc1ccc(O)cc1C(O)Cc1ccc(O)cc1. The molecule has 22 heavy (non-hydrogen) atoms. The second-order valence-corrected chi connectivity index (χ2v) is 5.85. The van der Waals surface area contributed by atoms with Gasteiger partial charge in [-0.05, 0) is 35.9 Å². The number of aromatic hydroxyl groups is 2. The summed E-state index contributed by atoms with van der Waals surface area (Å²) in [5.74, 6) is -0.295. The Morgan fingerprint density at radius 2 is 1.59 bits per heavy atom. The molecule has 0 fully saturated rings. The molecule has 118 valence electrons. The number of phenolic OH excluding ortho intramolecular Hbond substituents is 2. The van der Waals surface area contributed by atoms with Crippen molar-refractivity contribution in [2.24, 2.45) is 0 Å². The molecule has 1 atom stereocenters. The molecule has 0 aliphatic carbocycles. The highest BCUT2D eigenvalue weighted by Gasteiger charge is 2.22. The Hall–Kier alpha value is -2.05. The van der Waals surface area contributed by atoms with Crippen LogP contribution in [0.25, 0.3) is 0 Å². The van der Waals surface area contributed by atoms with Gasteiger partial charge in [-0.2, -0.15) is 0 Å². The van der Waals surface area contributed by atoms with Gasteiger partial charge in [0.1, 0.15) is 17.2 Å². The average molecular weight is 326 g/mol. The minimum atomic E-state index is -4.78. The zero-order valence-corrected chi connectivity index (χ0v) is 12.2. The zero-order chi connectivity index (χ0) is 16.3. The molecule has 0 aromatic heterocycles. The van der Waals surface area contributed by atoms with Crippen molar-refractivity contribution in [2.45, 2.75) is 12.5 Å². The van der Waals surface area contributed by atoms with Crippen LogP contribution in [0.1, 0.15) is 17.2 Å². The largest absolute Gasteiger partial charge is 0.524 e. The van der Waals surface area contributed by atoms with Crippen LogP contribution >= 0.6 is 7.82 Å². The fourth-order valence-corrected chi connectivity index (χ4v) is 2.40. The fraction of sp³-hybridized carbons (Fsp3) is 0.143. The van der Waals surface area contributed by atoms with Crippen LogP contribution in [-0.2, 0) is 11.0 Å². The molecule has 0 bridgehead atoms. The van der Waals surface area contributed by atoms with Crippen molar-refractivity contribution in [3.05, 3.63) is 53.6 Å². The van der Waals surface area contributed by atoms with E-state index in [-0.39, 0.29) is 29.2 Å². The number of hydrogen-bond acceptors (Lipinski definition) is 5. The van der Waals surface area contributed by atoms with E-state index in [9.17, 15) is 19.9 Å². The topological polar surface area (TPSA) is 127 Å². The molecule has 2 aromatic carbocycles. The van der Waals surface area contributed by atoms with Gasteiger partial charge in [0.05, 0.1) is 6.10 Å². The number of phosphoric acid groups is 1. The van der Waals surface area contributed by atoms with E-state index >= 15 is 0 Å². The molecule has 0 saturated carbocycles. The second kappa shape index (κ2) is 6.37. The molecular weight excluding hydrogens is 311 g/mol. The van der Waals surface area contributed by atoms with E-state index in [0.717, 1.165) is 0 Å². The maximum Gasteiger partial charge on any atom is 0.524 e. The molecule has 0 aliphatic rings. The van der Waals surface area contributed by atoms with E-state index in [1.165, 1.54) is 30.3 Å². The first-order chi connectivity index (χ1) is 10.2. The lowest BCUT2D eigenvalue weighted by Crippen LogP contribution is -2.04. The molecule has 1 unspecified atom stereocenters. The quantitative estimate of drug-likeness (QED) is 0.530. The van der Waals surface area contributed by atoms with Gasteiger partial charge >= 0.3 is 7.82 Å². The molecule has 7 nitrogen and oxygen atoms in total. The van der Waals surface area contributed by atoms with Crippen LogP contribution in [0.5, 0.6) is 17.2 Å². The summed E-state index contributed by atoms with van der Waals surface area (Å²) in [6.45, 7) is 0. The summed E-state index contributed by atoms with van der Waals surface area (Å²) in [4.78, 5) is 17.8. The van der Waals surface area contributed by atoms with E-state index in [4.69, 9.17) is 9.79 Å². The van der Waals surface area contributed by atoms with E-state index < -0.39 is 13.9 Å². The zero-order valence-electron chi connectivity index (χ0n) is 11.3. The van der Waals surface area contributed by atoms with Crippen LogP contribution in [0.15, 0.2) is 42.5 Å². The van der Waals surface area contributed by atoms with Gasteiger partial charge in [-0.15, -0.1) is 0 Å². The number of benzene rings is 2. The Bertz CT molecular complexity index is 693. The lowest BCUT2D eigenvalue weighted by atomic mass is 10.0. The Morgan fingerprint density at radius 3 is 2.18 bits per heavy atom. The molecule has 2 aromatic rings. The van der Waals surface area contributed by atoms with Gasteiger partial charge in [0.2, 0.25) is 0 Å². The van der Waals surface area contributed by atoms with Crippen LogP contribution in [0.2, 0.25) is 0 Å². The predicted molar refractivity (Wildman–Crippen MR) is 77.5 cm³/mol. The number of aliphatic hydroxyl groups is 1. The van der Waals surface area contributed by atoms with Crippen LogP contribution in [-0.4, -0.2) is 25.1 Å². The lowest BCUT2D eigenvalue weighted by molar-refractivity contribution is 0.174. The molecule has 0 saturated heterocycles. The minimum absolute atomic E-state index is 0.0522. The summed E-state index contributed by atoms with van der Waals surface area (Å²) in [6.07, 6.45) is -1.04. The first-order valence-corrected chi connectivity index (χ1v) is 7.81. The minimum Gasteiger partial charge on any atom is -0.508 e. The van der Waals surface area contributed by atoms with Crippen molar-refractivity contribution >= 4 is 7.82 Å². The number of hydrogen-bond donors (Lipinski definition) is 5. The number of rotatable bonds is 5. The van der Waals surface area contributed by atoms with Crippen molar-refractivity contribution in [2.75, 3.05) is 0 Å². The van der Waals surface area contributed by atoms with Crippen LogP contribution in [0.4, 0.5) is 0 Å². The Kier molecular flexibility index (Phi) is 4.73. The molecule has 8 heteroatoms. The van der Waals surface area contributed by atoms with Gasteiger partial charge in [0.25, 0.3) is 0 Å². The first kappa shape index (κ1) is 16.3. The summed E-state index contributed by atoms with van der Waals surface area (Å²) < 4.78 is 15.5. The molecule has 0 spiro atoms. The second-order valence-electron chi connectivity index (χ2n) is 4.69. The van der Waals surface area contributed by atoms with Crippen LogP contribution < -0.4 is 4.52 Å². The molecule has 0 heterocycles. The Morgan fingerprint density at radius 1 is 1.00 bits per heavy atom. The monoisotopic (exact) mass is 326 g/mol. The summed E-state index contributed by atoms with van der Waals surface area (Å²) in [5, 5.41) is 28.9. The highest BCUT2D eigenvalue weighted by Crippen LogP contribution is 2.42. The van der Waals surface area contributed by atoms with Crippen molar-refractivity contribution < 1.29 is 34.2 Å². The Labute approximate surface area is 126 Å². The third kappa shape index (κ3) is 4.47. The van der Waals surface area contributed by atoms with E-state index in [0.29, 0.717) is 5.56 Å². The molecular formula is C14H15O7P. The highest BCUT2D eigenvalue weighted by molar-refractivity contribution is 7.46. The van der Waals surface area contributed by atoms with Gasteiger partial charge in [-0.1, -0.05) is 12.1 Å². The molecule has 5 N–H and O–H groups in total. The number of aliphatic hydroxyl groups excluding tert-OH is 1. The smallest absolute Gasteiger partial charge is 0.508 e. The normalized spacial score (nSPS) is 12.9.